The van der Waals surface area contributed by atoms with Crippen LogP contribution < -0.4 is 0 Å². The summed E-state index contributed by atoms with van der Waals surface area (Å²) in [5, 5.41) is 28.0. The van der Waals surface area contributed by atoms with Gasteiger partial charge in [-0.1, -0.05) is 37.3 Å². The largest absolute Gasteiger partial charge is 0.390 e. The fourth-order valence-corrected chi connectivity index (χ4v) is 1.17. The quantitative estimate of drug-likeness (QED) is 0.435. The van der Waals surface area contributed by atoms with Crippen LogP contribution in [-0.2, 0) is 0 Å². The van der Waals surface area contributed by atoms with Crippen LogP contribution in [0.15, 0.2) is 37.0 Å². The molecule has 0 saturated carbocycles. The smallest absolute Gasteiger partial charge is 0.0833 e. The Morgan fingerprint density at radius 1 is 1.06 bits per heavy atom. The zero-order valence-corrected chi connectivity index (χ0v) is 9.79. The van der Waals surface area contributed by atoms with E-state index in [2.05, 4.69) is 6.58 Å². The summed E-state index contributed by atoms with van der Waals surface area (Å²) in [6.45, 7) is 5.35. The van der Waals surface area contributed by atoms with Crippen LogP contribution in [0.3, 0.4) is 0 Å². The zero-order valence-electron chi connectivity index (χ0n) is 9.79. The molecule has 0 saturated heterocycles. The molecule has 0 aliphatic rings. The molecule has 0 spiro atoms. The summed E-state index contributed by atoms with van der Waals surface area (Å²) < 4.78 is 0. The van der Waals surface area contributed by atoms with Crippen LogP contribution in [0.2, 0.25) is 0 Å². The minimum absolute atomic E-state index is 0.414. The van der Waals surface area contributed by atoms with Gasteiger partial charge in [0, 0.05) is 0 Å². The predicted octanol–water partition coefficient (Wildman–Crippen LogP) is 1.56. The van der Waals surface area contributed by atoms with Crippen LogP contribution in [0.1, 0.15) is 26.2 Å². The standard InChI is InChI=1S/C13H22O3/c1-3-8-11(14)9-6-5-7-10-13(16)12(15)4-2/h3,5-7,9,11-16H,1,4,8,10H2,2H3/b7-5-,9-6+/t11-,12+,13+/m1/s1. The molecule has 3 heteroatoms. The van der Waals surface area contributed by atoms with Crippen molar-refractivity contribution in [1.82, 2.24) is 0 Å². The minimum atomic E-state index is -0.715. The number of aliphatic hydroxyl groups is 3. The van der Waals surface area contributed by atoms with Crippen LogP contribution in [-0.4, -0.2) is 33.6 Å². The highest BCUT2D eigenvalue weighted by molar-refractivity contribution is 5.06. The lowest BCUT2D eigenvalue weighted by Crippen LogP contribution is -2.23. The molecule has 0 aliphatic heterocycles. The van der Waals surface area contributed by atoms with Crippen LogP contribution in [0.5, 0.6) is 0 Å². The first kappa shape index (κ1) is 15.1. The van der Waals surface area contributed by atoms with E-state index in [0.717, 1.165) is 0 Å². The number of allylic oxidation sites excluding steroid dienone is 2. The van der Waals surface area contributed by atoms with E-state index in [-0.39, 0.29) is 0 Å². The molecule has 0 aromatic carbocycles. The molecule has 0 rings (SSSR count). The van der Waals surface area contributed by atoms with Gasteiger partial charge in [0.15, 0.2) is 0 Å². The molecule has 0 bridgehead atoms. The number of rotatable bonds is 8. The van der Waals surface area contributed by atoms with E-state index in [1.165, 1.54) is 0 Å². The highest BCUT2D eigenvalue weighted by Crippen LogP contribution is 2.03. The monoisotopic (exact) mass is 226 g/mol. The first-order valence-corrected chi connectivity index (χ1v) is 5.60. The Labute approximate surface area is 97.4 Å². The average Bonchev–Trinajstić information content (AvgIpc) is 2.27. The molecule has 0 heterocycles. The molecule has 0 radical (unpaired) electrons. The van der Waals surface area contributed by atoms with Gasteiger partial charge < -0.3 is 15.3 Å². The Kier molecular flexibility index (Phi) is 8.81. The van der Waals surface area contributed by atoms with Gasteiger partial charge >= 0.3 is 0 Å². The maximum Gasteiger partial charge on any atom is 0.0833 e. The number of hydrogen-bond donors (Lipinski definition) is 3. The van der Waals surface area contributed by atoms with Gasteiger partial charge in [-0.05, 0) is 19.3 Å². The van der Waals surface area contributed by atoms with Gasteiger partial charge in [-0.2, -0.15) is 0 Å². The molecular weight excluding hydrogens is 204 g/mol. The Hall–Kier alpha value is -0.900. The van der Waals surface area contributed by atoms with E-state index < -0.39 is 18.3 Å². The van der Waals surface area contributed by atoms with Crippen LogP contribution in [0, 0.1) is 0 Å². The third kappa shape index (κ3) is 7.40. The summed E-state index contributed by atoms with van der Waals surface area (Å²) in [6.07, 6.45) is 8.14. The van der Waals surface area contributed by atoms with Crippen molar-refractivity contribution in [2.75, 3.05) is 0 Å². The second-order valence-electron chi connectivity index (χ2n) is 3.68. The summed E-state index contributed by atoms with van der Waals surface area (Å²) in [7, 11) is 0. The molecule has 16 heavy (non-hydrogen) atoms. The summed E-state index contributed by atoms with van der Waals surface area (Å²) in [5.74, 6) is 0. The minimum Gasteiger partial charge on any atom is -0.390 e. The summed E-state index contributed by atoms with van der Waals surface area (Å²) >= 11 is 0. The maximum atomic E-state index is 9.42. The molecule has 3 N–H and O–H groups in total. The molecule has 92 valence electrons. The molecule has 0 amide bonds. The Balaban J connectivity index is 3.80. The van der Waals surface area contributed by atoms with E-state index in [1.807, 2.05) is 6.92 Å². The van der Waals surface area contributed by atoms with Crippen molar-refractivity contribution in [3.05, 3.63) is 37.0 Å². The first-order chi connectivity index (χ1) is 7.61. The van der Waals surface area contributed by atoms with Gasteiger partial charge in [0.1, 0.15) is 0 Å². The highest BCUT2D eigenvalue weighted by Gasteiger charge is 2.11. The van der Waals surface area contributed by atoms with E-state index >= 15 is 0 Å². The lowest BCUT2D eigenvalue weighted by Gasteiger charge is -2.13. The third-order valence-electron chi connectivity index (χ3n) is 2.23. The van der Waals surface area contributed by atoms with Crippen LogP contribution in [0.25, 0.3) is 0 Å². The second kappa shape index (κ2) is 9.33. The number of aliphatic hydroxyl groups excluding tert-OH is 3. The zero-order chi connectivity index (χ0) is 12.4. The molecular formula is C13H22O3. The molecule has 0 aromatic heterocycles. The van der Waals surface area contributed by atoms with Gasteiger partial charge in [-0.3, -0.25) is 0 Å². The first-order valence-electron chi connectivity index (χ1n) is 5.60. The Morgan fingerprint density at radius 2 is 1.75 bits per heavy atom. The molecule has 0 fully saturated rings. The predicted molar refractivity (Wildman–Crippen MR) is 66.0 cm³/mol. The second-order valence-corrected chi connectivity index (χ2v) is 3.68. The summed E-state index contributed by atoms with van der Waals surface area (Å²) in [5.41, 5.74) is 0. The van der Waals surface area contributed by atoms with Gasteiger partial charge in [0.05, 0.1) is 18.3 Å². The van der Waals surface area contributed by atoms with Gasteiger partial charge in [0.25, 0.3) is 0 Å². The summed E-state index contributed by atoms with van der Waals surface area (Å²) in [4.78, 5) is 0. The van der Waals surface area contributed by atoms with Crippen LogP contribution in [0.4, 0.5) is 0 Å². The lowest BCUT2D eigenvalue weighted by atomic mass is 10.1. The lowest BCUT2D eigenvalue weighted by molar-refractivity contribution is 0.0197. The maximum absolute atomic E-state index is 9.42. The molecule has 0 aromatic rings. The van der Waals surface area contributed by atoms with Gasteiger partial charge in [0.2, 0.25) is 0 Å². The highest BCUT2D eigenvalue weighted by atomic mass is 16.3. The van der Waals surface area contributed by atoms with E-state index in [0.29, 0.717) is 19.3 Å². The average molecular weight is 226 g/mol. The van der Waals surface area contributed by atoms with Crippen molar-refractivity contribution in [2.45, 2.75) is 44.5 Å². The Morgan fingerprint density at radius 3 is 2.31 bits per heavy atom. The van der Waals surface area contributed by atoms with Gasteiger partial charge in [-0.15, -0.1) is 6.58 Å². The fraction of sp³-hybridized carbons (Fsp3) is 0.538. The van der Waals surface area contributed by atoms with Crippen molar-refractivity contribution in [3.63, 3.8) is 0 Å². The molecule has 0 unspecified atom stereocenters. The molecule has 3 nitrogen and oxygen atoms in total. The normalized spacial score (nSPS) is 17.8. The van der Waals surface area contributed by atoms with E-state index in [4.69, 9.17) is 0 Å². The molecule has 3 atom stereocenters. The third-order valence-corrected chi connectivity index (χ3v) is 2.23. The van der Waals surface area contributed by atoms with E-state index in [9.17, 15) is 15.3 Å². The van der Waals surface area contributed by atoms with Crippen molar-refractivity contribution >= 4 is 0 Å². The number of hydrogen-bond acceptors (Lipinski definition) is 3. The van der Waals surface area contributed by atoms with E-state index in [1.54, 1.807) is 30.4 Å². The Bertz CT molecular complexity index is 233. The SMILES string of the molecule is C=CC[C@@H](O)/C=C/C=C\C[C@H](O)[C@@H](O)CC. The topological polar surface area (TPSA) is 60.7 Å². The summed E-state index contributed by atoms with van der Waals surface area (Å²) in [6, 6.07) is 0. The van der Waals surface area contributed by atoms with Crippen LogP contribution >= 0.6 is 0 Å². The van der Waals surface area contributed by atoms with Crippen molar-refractivity contribution in [3.8, 4) is 0 Å². The van der Waals surface area contributed by atoms with Gasteiger partial charge in [-0.25, -0.2) is 0 Å². The fourth-order valence-electron chi connectivity index (χ4n) is 1.17. The van der Waals surface area contributed by atoms with Crippen molar-refractivity contribution in [2.24, 2.45) is 0 Å². The molecule has 0 aliphatic carbocycles. The van der Waals surface area contributed by atoms with Crippen molar-refractivity contribution in [1.29, 1.82) is 0 Å². The van der Waals surface area contributed by atoms with Crippen molar-refractivity contribution < 1.29 is 15.3 Å².